The molecule has 0 saturated heterocycles. The Balaban J connectivity index is 3.04. The van der Waals surface area contributed by atoms with Crippen molar-refractivity contribution in [3.63, 3.8) is 0 Å². The number of aryl methyl sites for hydroxylation is 1. The predicted molar refractivity (Wildman–Crippen MR) is 55.7 cm³/mol. The van der Waals surface area contributed by atoms with Crippen LogP contribution in [0, 0.1) is 6.92 Å². The largest absolute Gasteiger partial charge is 0.477 e. The highest BCUT2D eigenvalue weighted by atomic mass is 79.9. The van der Waals surface area contributed by atoms with Crippen LogP contribution >= 0.6 is 15.9 Å². The molecule has 3 heteroatoms. The molecule has 0 fully saturated rings. The third-order valence-electron chi connectivity index (χ3n) is 1.67. The van der Waals surface area contributed by atoms with Crippen molar-refractivity contribution < 1.29 is 9.90 Å². The van der Waals surface area contributed by atoms with E-state index in [2.05, 4.69) is 15.9 Å². The van der Waals surface area contributed by atoms with E-state index in [0.29, 0.717) is 0 Å². The zero-order chi connectivity index (χ0) is 9.84. The van der Waals surface area contributed by atoms with Gasteiger partial charge in [-0.2, -0.15) is 0 Å². The first-order valence-electron chi connectivity index (χ1n) is 3.77. The molecule has 0 radical (unpaired) electrons. The van der Waals surface area contributed by atoms with Crippen LogP contribution in [0.5, 0.6) is 0 Å². The minimum Gasteiger partial charge on any atom is -0.477 e. The Morgan fingerprint density at radius 2 is 2.08 bits per heavy atom. The summed E-state index contributed by atoms with van der Waals surface area (Å²) in [5.74, 6) is -0.955. The fourth-order valence-corrected chi connectivity index (χ4v) is 1.19. The van der Waals surface area contributed by atoms with Gasteiger partial charge in [-0.1, -0.05) is 24.3 Å². The smallest absolute Gasteiger partial charge is 0.342 e. The van der Waals surface area contributed by atoms with Crippen LogP contribution in [0.1, 0.15) is 11.1 Å². The average molecular weight is 241 g/mol. The lowest BCUT2D eigenvalue weighted by Gasteiger charge is -1.98. The lowest BCUT2D eigenvalue weighted by molar-refractivity contribution is -0.131. The summed E-state index contributed by atoms with van der Waals surface area (Å²) in [4.78, 5) is 10.5. The molecule has 0 aromatic heterocycles. The van der Waals surface area contributed by atoms with Crippen LogP contribution in [-0.4, -0.2) is 11.1 Å². The molecule has 2 nitrogen and oxygen atoms in total. The van der Waals surface area contributed by atoms with Crippen molar-refractivity contribution in [2.45, 2.75) is 6.92 Å². The number of carbonyl (C=O) groups is 1. The summed E-state index contributed by atoms with van der Waals surface area (Å²) >= 11 is 2.97. The number of carboxylic acid groups (broad SMARTS) is 1. The standard InChI is InChI=1S/C10H9BrO2/c1-7-4-2-3-5-8(7)6-9(11)10(12)13/h2-6H,1H3,(H,12,13). The van der Waals surface area contributed by atoms with E-state index in [0.717, 1.165) is 11.1 Å². The van der Waals surface area contributed by atoms with Crippen LogP contribution in [0.25, 0.3) is 6.08 Å². The van der Waals surface area contributed by atoms with Gasteiger partial charge in [0, 0.05) is 0 Å². The van der Waals surface area contributed by atoms with E-state index in [1.54, 1.807) is 6.08 Å². The van der Waals surface area contributed by atoms with Crippen molar-refractivity contribution in [2.24, 2.45) is 0 Å². The van der Waals surface area contributed by atoms with Crippen LogP contribution in [0.4, 0.5) is 0 Å². The highest BCUT2D eigenvalue weighted by molar-refractivity contribution is 9.12. The first-order chi connectivity index (χ1) is 6.11. The molecule has 1 rings (SSSR count). The molecule has 68 valence electrons. The Bertz CT molecular complexity index is 356. The van der Waals surface area contributed by atoms with Crippen molar-refractivity contribution in [1.29, 1.82) is 0 Å². The molecular formula is C10H9BrO2. The van der Waals surface area contributed by atoms with Gasteiger partial charge in [-0.25, -0.2) is 4.79 Å². The third kappa shape index (κ3) is 2.70. The molecule has 1 N–H and O–H groups in total. The first kappa shape index (κ1) is 9.99. The van der Waals surface area contributed by atoms with Gasteiger partial charge in [0.1, 0.15) is 4.48 Å². The van der Waals surface area contributed by atoms with Crippen molar-refractivity contribution in [3.8, 4) is 0 Å². The van der Waals surface area contributed by atoms with Gasteiger partial charge in [0.2, 0.25) is 0 Å². The number of rotatable bonds is 2. The van der Waals surface area contributed by atoms with E-state index in [9.17, 15) is 4.79 Å². The van der Waals surface area contributed by atoms with E-state index in [1.165, 1.54) is 0 Å². The molecule has 1 aromatic carbocycles. The van der Waals surface area contributed by atoms with Crippen LogP contribution in [-0.2, 0) is 4.79 Å². The summed E-state index contributed by atoms with van der Waals surface area (Å²) < 4.78 is 0.168. The molecule has 0 aliphatic heterocycles. The molecular weight excluding hydrogens is 232 g/mol. The summed E-state index contributed by atoms with van der Waals surface area (Å²) in [6, 6.07) is 7.61. The third-order valence-corrected chi connectivity index (χ3v) is 2.24. The summed E-state index contributed by atoms with van der Waals surface area (Å²) in [6.07, 6.45) is 1.59. The van der Waals surface area contributed by atoms with Gasteiger partial charge in [0.15, 0.2) is 0 Å². The Kier molecular flexibility index (Phi) is 3.25. The highest BCUT2D eigenvalue weighted by Gasteiger charge is 2.02. The van der Waals surface area contributed by atoms with Crippen molar-refractivity contribution >= 4 is 28.0 Å². The summed E-state index contributed by atoms with van der Waals surface area (Å²) in [5, 5.41) is 8.62. The number of benzene rings is 1. The van der Waals surface area contributed by atoms with E-state index in [1.807, 2.05) is 31.2 Å². The second kappa shape index (κ2) is 4.23. The Morgan fingerprint density at radius 1 is 1.46 bits per heavy atom. The van der Waals surface area contributed by atoms with E-state index < -0.39 is 5.97 Å². The topological polar surface area (TPSA) is 37.3 Å². The second-order valence-electron chi connectivity index (χ2n) is 2.65. The Hall–Kier alpha value is -1.09. The van der Waals surface area contributed by atoms with Gasteiger partial charge in [-0.3, -0.25) is 0 Å². The summed E-state index contributed by atoms with van der Waals surface area (Å²) in [6.45, 7) is 1.94. The molecule has 0 aliphatic rings. The van der Waals surface area contributed by atoms with Crippen LogP contribution in [0.3, 0.4) is 0 Å². The molecule has 0 atom stereocenters. The molecule has 13 heavy (non-hydrogen) atoms. The summed E-state index contributed by atoms with van der Waals surface area (Å²) in [5.41, 5.74) is 1.97. The molecule has 0 saturated carbocycles. The van der Waals surface area contributed by atoms with Gasteiger partial charge in [-0.05, 0) is 40.1 Å². The maximum Gasteiger partial charge on any atom is 0.342 e. The molecule has 0 bridgehead atoms. The monoisotopic (exact) mass is 240 g/mol. The number of hydrogen-bond donors (Lipinski definition) is 1. The molecule has 0 aliphatic carbocycles. The van der Waals surface area contributed by atoms with Gasteiger partial charge in [0.05, 0.1) is 0 Å². The predicted octanol–water partition coefficient (Wildman–Crippen LogP) is 2.82. The normalized spacial score (nSPS) is 11.4. The molecule has 0 amide bonds. The molecule has 0 heterocycles. The minimum absolute atomic E-state index is 0.168. The number of halogens is 1. The quantitative estimate of drug-likeness (QED) is 0.808. The summed E-state index contributed by atoms with van der Waals surface area (Å²) in [7, 11) is 0. The number of aliphatic carboxylic acids is 1. The Morgan fingerprint density at radius 3 is 2.62 bits per heavy atom. The second-order valence-corrected chi connectivity index (χ2v) is 3.51. The number of hydrogen-bond acceptors (Lipinski definition) is 1. The molecule has 0 unspecified atom stereocenters. The molecule has 0 spiro atoms. The van der Waals surface area contributed by atoms with Crippen molar-refractivity contribution in [1.82, 2.24) is 0 Å². The lowest BCUT2D eigenvalue weighted by Crippen LogP contribution is -1.93. The van der Waals surface area contributed by atoms with Gasteiger partial charge >= 0.3 is 5.97 Å². The minimum atomic E-state index is -0.955. The lowest BCUT2D eigenvalue weighted by atomic mass is 10.1. The maximum atomic E-state index is 10.5. The zero-order valence-corrected chi connectivity index (χ0v) is 8.71. The van der Waals surface area contributed by atoms with Crippen molar-refractivity contribution in [2.75, 3.05) is 0 Å². The van der Waals surface area contributed by atoms with Crippen LogP contribution in [0.15, 0.2) is 28.7 Å². The van der Waals surface area contributed by atoms with E-state index in [4.69, 9.17) is 5.11 Å². The fourth-order valence-electron chi connectivity index (χ4n) is 0.947. The highest BCUT2D eigenvalue weighted by Crippen LogP contribution is 2.15. The van der Waals surface area contributed by atoms with Gasteiger partial charge in [-0.15, -0.1) is 0 Å². The Labute approximate surface area is 85.0 Å². The molecule has 1 aromatic rings. The van der Waals surface area contributed by atoms with Gasteiger partial charge in [0.25, 0.3) is 0 Å². The first-order valence-corrected chi connectivity index (χ1v) is 4.56. The van der Waals surface area contributed by atoms with Crippen LogP contribution in [0.2, 0.25) is 0 Å². The van der Waals surface area contributed by atoms with E-state index in [-0.39, 0.29) is 4.48 Å². The maximum absolute atomic E-state index is 10.5. The average Bonchev–Trinajstić information content (AvgIpc) is 2.08. The fraction of sp³-hybridized carbons (Fsp3) is 0.100. The van der Waals surface area contributed by atoms with Gasteiger partial charge < -0.3 is 5.11 Å². The van der Waals surface area contributed by atoms with Crippen LogP contribution < -0.4 is 0 Å². The van der Waals surface area contributed by atoms with E-state index >= 15 is 0 Å². The SMILES string of the molecule is Cc1ccccc1C=C(Br)C(=O)O. The zero-order valence-electron chi connectivity index (χ0n) is 7.12. The number of carboxylic acids is 1. The van der Waals surface area contributed by atoms with Crippen molar-refractivity contribution in [3.05, 3.63) is 39.9 Å².